The van der Waals surface area contributed by atoms with Gasteiger partial charge in [0.1, 0.15) is 0 Å². The van der Waals surface area contributed by atoms with Crippen molar-refractivity contribution in [3.63, 3.8) is 0 Å². The maximum absolute atomic E-state index is 11.9. The fraction of sp³-hybridized carbons (Fsp3) is 0.333. The second kappa shape index (κ2) is 6.71. The zero-order valence-corrected chi connectivity index (χ0v) is 12.8. The number of aryl methyl sites for hydroxylation is 1. The Labute approximate surface area is 122 Å². The molecule has 0 amide bonds. The topological polar surface area (TPSA) is 84.8 Å². The molecule has 0 fully saturated rings. The molecule has 0 spiro atoms. The molecule has 0 aliphatic heterocycles. The van der Waals surface area contributed by atoms with Crippen LogP contribution in [-0.2, 0) is 19.6 Å². The Morgan fingerprint density at radius 3 is 2.40 bits per heavy atom. The van der Waals surface area contributed by atoms with Crippen LogP contribution in [0.1, 0.15) is 12.5 Å². The van der Waals surface area contributed by atoms with Crippen molar-refractivity contribution >= 4 is 33.3 Å². The second-order valence-electron chi connectivity index (χ2n) is 4.05. The first-order valence-corrected chi connectivity index (χ1v) is 7.54. The lowest BCUT2D eigenvalue weighted by molar-refractivity contribution is -0.138. The standard InChI is InChI=1S/C12H15ClN2O4S/c1-8-4-6-10(7-5-8)20(17,18)15-14-9(2)11(13)12(16)19-3/h4-7,11,15H,1-3H3/b14-9+. The predicted octanol–water partition coefficient (Wildman–Crippen LogP) is 1.43. The zero-order valence-electron chi connectivity index (χ0n) is 11.3. The van der Waals surface area contributed by atoms with E-state index in [1.807, 2.05) is 11.8 Å². The summed E-state index contributed by atoms with van der Waals surface area (Å²) in [4.78, 5) is 13.3. The number of carbonyl (C=O) groups is 1. The maximum atomic E-state index is 11.9. The quantitative estimate of drug-likeness (QED) is 0.385. The smallest absolute Gasteiger partial charge is 0.329 e. The van der Waals surface area contributed by atoms with Gasteiger partial charge in [-0.2, -0.15) is 13.5 Å². The summed E-state index contributed by atoms with van der Waals surface area (Å²) >= 11 is 5.74. The molecule has 110 valence electrons. The Hall–Kier alpha value is -1.60. The molecule has 0 heterocycles. The highest BCUT2D eigenvalue weighted by atomic mass is 35.5. The average molecular weight is 319 g/mol. The zero-order chi connectivity index (χ0) is 15.3. The summed E-state index contributed by atoms with van der Waals surface area (Å²) < 4.78 is 28.3. The largest absolute Gasteiger partial charge is 0.468 e. The minimum atomic E-state index is -3.79. The van der Waals surface area contributed by atoms with E-state index in [-0.39, 0.29) is 10.6 Å². The Kier molecular flexibility index (Phi) is 5.52. The number of hydrogen-bond donors (Lipinski definition) is 1. The first-order chi connectivity index (χ1) is 9.27. The molecule has 8 heteroatoms. The van der Waals surface area contributed by atoms with Crippen LogP contribution in [0.4, 0.5) is 0 Å². The summed E-state index contributed by atoms with van der Waals surface area (Å²) in [5, 5.41) is 2.47. The van der Waals surface area contributed by atoms with E-state index in [1.54, 1.807) is 12.1 Å². The van der Waals surface area contributed by atoms with Gasteiger partial charge in [-0.05, 0) is 26.0 Å². The van der Waals surface area contributed by atoms with Gasteiger partial charge in [-0.15, -0.1) is 11.6 Å². The summed E-state index contributed by atoms with van der Waals surface area (Å²) in [6, 6.07) is 6.26. The van der Waals surface area contributed by atoms with Crippen molar-refractivity contribution in [1.29, 1.82) is 0 Å². The van der Waals surface area contributed by atoms with Gasteiger partial charge in [-0.25, -0.2) is 4.83 Å². The highest BCUT2D eigenvalue weighted by molar-refractivity contribution is 7.89. The number of esters is 1. The lowest BCUT2D eigenvalue weighted by Gasteiger charge is -2.08. The minimum absolute atomic E-state index is 0.0730. The van der Waals surface area contributed by atoms with Crippen molar-refractivity contribution in [2.45, 2.75) is 24.1 Å². The highest BCUT2D eigenvalue weighted by Gasteiger charge is 2.20. The number of nitrogens with zero attached hydrogens (tertiary/aromatic N) is 1. The summed E-state index contributed by atoms with van der Waals surface area (Å²) in [7, 11) is -2.60. The molecule has 1 atom stereocenters. The van der Waals surface area contributed by atoms with Gasteiger partial charge in [0.25, 0.3) is 10.0 Å². The molecule has 0 saturated heterocycles. The molecule has 0 saturated carbocycles. The number of sulfonamides is 1. The third-order valence-electron chi connectivity index (χ3n) is 2.45. The van der Waals surface area contributed by atoms with Crippen LogP contribution in [0, 0.1) is 6.92 Å². The number of rotatable bonds is 5. The summed E-state index contributed by atoms with van der Waals surface area (Å²) in [6.07, 6.45) is 0. The van der Waals surface area contributed by atoms with Crippen molar-refractivity contribution < 1.29 is 17.9 Å². The third kappa shape index (κ3) is 4.21. The van der Waals surface area contributed by atoms with E-state index in [4.69, 9.17) is 11.6 Å². The molecular formula is C12H15ClN2O4S. The van der Waals surface area contributed by atoms with Gasteiger partial charge in [-0.1, -0.05) is 17.7 Å². The predicted molar refractivity (Wildman–Crippen MR) is 76.3 cm³/mol. The van der Waals surface area contributed by atoms with Gasteiger partial charge in [0, 0.05) is 0 Å². The van der Waals surface area contributed by atoms with Gasteiger partial charge in [0.05, 0.1) is 17.7 Å². The average Bonchev–Trinajstić information content (AvgIpc) is 2.43. The van der Waals surface area contributed by atoms with Crippen molar-refractivity contribution in [3.8, 4) is 0 Å². The van der Waals surface area contributed by atoms with E-state index in [1.165, 1.54) is 26.2 Å². The van der Waals surface area contributed by atoms with Crippen LogP contribution in [-0.4, -0.2) is 32.6 Å². The Morgan fingerprint density at radius 2 is 1.90 bits per heavy atom. The number of carbonyl (C=O) groups excluding carboxylic acids is 1. The Bertz CT molecular complexity index is 611. The third-order valence-corrected chi connectivity index (χ3v) is 4.17. The number of benzene rings is 1. The summed E-state index contributed by atoms with van der Waals surface area (Å²) in [5.74, 6) is -0.706. The number of nitrogens with one attached hydrogen (secondary N) is 1. The summed E-state index contributed by atoms with van der Waals surface area (Å²) in [6.45, 7) is 3.27. The van der Waals surface area contributed by atoms with Crippen LogP contribution in [0.3, 0.4) is 0 Å². The molecule has 0 aromatic heterocycles. The number of hydrogen-bond acceptors (Lipinski definition) is 5. The number of alkyl halides is 1. The molecule has 1 rings (SSSR count). The molecule has 0 bridgehead atoms. The molecule has 0 aliphatic rings. The SMILES string of the molecule is COC(=O)C(Cl)/C(C)=N/NS(=O)(=O)c1ccc(C)cc1. The normalized spacial score (nSPS) is 13.7. The van der Waals surface area contributed by atoms with Crippen molar-refractivity contribution in [3.05, 3.63) is 29.8 Å². The van der Waals surface area contributed by atoms with Gasteiger partial charge in [0.15, 0.2) is 5.38 Å². The Balaban J connectivity index is 2.87. The van der Waals surface area contributed by atoms with Gasteiger partial charge in [-0.3, -0.25) is 4.79 Å². The minimum Gasteiger partial charge on any atom is -0.468 e. The van der Waals surface area contributed by atoms with Crippen molar-refractivity contribution in [2.75, 3.05) is 7.11 Å². The number of halogens is 1. The van der Waals surface area contributed by atoms with Crippen molar-refractivity contribution in [1.82, 2.24) is 4.83 Å². The van der Waals surface area contributed by atoms with Gasteiger partial charge < -0.3 is 4.74 Å². The van der Waals surface area contributed by atoms with Crippen molar-refractivity contribution in [2.24, 2.45) is 5.10 Å². The molecule has 1 N–H and O–H groups in total. The van der Waals surface area contributed by atoms with Crippen LogP contribution in [0.15, 0.2) is 34.3 Å². The molecule has 1 aromatic carbocycles. The molecule has 6 nitrogen and oxygen atoms in total. The van der Waals surface area contributed by atoms with Gasteiger partial charge >= 0.3 is 5.97 Å². The van der Waals surface area contributed by atoms with E-state index in [0.29, 0.717) is 0 Å². The molecule has 0 aliphatic carbocycles. The number of ether oxygens (including phenoxy) is 1. The van der Waals surface area contributed by atoms with E-state index in [2.05, 4.69) is 9.84 Å². The van der Waals surface area contributed by atoms with Crippen LogP contribution in [0.25, 0.3) is 0 Å². The van der Waals surface area contributed by atoms with E-state index in [9.17, 15) is 13.2 Å². The Morgan fingerprint density at radius 1 is 1.35 bits per heavy atom. The van der Waals surface area contributed by atoms with E-state index in [0.717, 1.165) is 5.56 Å². The molecular weight excluding hydrogens is 304 g/mol. The lowest BCUT2D eigenvalue weighted by atomic mass is 10.2. The molecule has 1 unspecified atom stereocenters. The van der Waals surface area contributed by atoms with Crippen LogP contribution in [0.5, 0.6) is 0 Å². The summed E-state index contributed by atoms with van der Waals surface area (Å²) in [5.41, 5.74) is 1.03. The van der Waals surface area contributed by atoms with Crippen LogP contribution >= 0.6 is 11.6 Å². The molecule has 1 aromatic rings. The van der Waals surface area contributed by atoms with Crippen LogP contribution < -0.4 is 4.83 Å². The first kappa shape index (κ1) is 16.5. The van der Waals surface area contributed by atoms with E-state index < -0.39 is 21.4 Å². The molecule has 20 heavy (non-hydrogen) atoms. The fourth-order valence-corrected chi connectivity index (χ4v) is 2.23. The maximum Gasteiger partial charge on any atom is 0.329 e. The van der Waals surface area contributed by atoms with Gasteiger partial charge in [0.2, 0.25) is 0 Å². The van der Waals surface area contributed by atoms with Crippen LogP contribution in [0.2, 0.25) is 0 Å². The lowest BCUT2D eigenvalue weighted by Crippen LogP contribution is -2.27. The fourth-order valence-electron chi connectivity index (χ4n) is 1.23. The number of methoxy groups -OCH3 is 1. The first-order valence-electron chi connectivity index (χ1n) is 5.62. The molecule has 0 radical (unpaired) electrons. The monoisotopic (exact) mass is 318 g/mol. The highest BCUT2D eigenvalue weighted by Crippen LogP contribution is 2.10. The second-order valence-corrected chi connectivity index (χ2v) is 6.14. The van der Waals surface area contributed by atoms with E-state index >= 15 is 0 Å². The number of hydrazone groups is 1.